The summed E-state index contributed by atoms with van der Waals surface area (Å²) in [5, 5.41) is 11.3. The topological polar surface area (TPSA) is 80.5 Å². The lowest BCUT2D eigenvalue weighted by Crippen LogP contribution is -2.29. The fourth-order valence-corrected chi connectivity index (χ4v) is 2.91. The number of carbonyl (C=O) groups is 2. The molecule has 0 N–H and O–H groups in total. The van der Waals surface area contributed by atoms with Gasteiger partial charge in [-0.25, -0.2) is 4.90 Å². The lowest BCUT2D eigenvalue weighted by Gasteiger charge is -2.13. The van der Waals surface area contributed by atoms with Crippen LogP contribution in [0.5, 0.6) is 0 Å². The second-order valence-corrected chi connectivity index (χ2v) is 5.82. The van der Waals surface area contributed by atoms with E-state index in [0.717, 1.165) is 11.0 Å². The van der Waals surface area contributed by atoms with Gasteiger partial charge >= 0.3 is 0 Å². The molecule has 0 spiro atoms. The van der Waals surface area contributed by atoms with Crippen LogP contribution in [0.2, 0.25) is 5.02 Å². The second kappa shape index (κ2) is 5.19. The van der Waals surface area contributed by atoms with Crippen molar-refractivity contribution in [2.45, 2.75) is 0 Å². The molecule has 0 atom stereocenters. The number of hydrogen-bond donors (Lipinski definition) is 0. The first-order valence-electron chi connectivity index (χ1n) is 6.02. The van der Waals surface area contributed by atoms with E-state index in [1.54, 1.807) is 18.2 Å². The van der Waals surface area contributed by atoms with Crippen LogP contribution in [0.1, 0.15) is 20.7 Å². The number of hydrogen-bond acceptors (Lipinski definition) is 4. The lowest BCUT2D eigenvalue weighted by atomic mass is 10.1. The quantitative estimate of drug-likeness (QED) is 0.450. The third-order valence-electron chi connectivity index (χ3n) is 3.22. The molecule has 1 aliphatic rings. The molecule has 2 amide bonds. The molecule has 2 aromatic rings. The first kappa shape index (κ1) is 14.7. The predicted molar refractivity (Wildman–Crippen MR) is 83.4 cm³/mol. The number of imide groups is 1. The van der Waals surface area contributed by atoms with Crippen LogP contribution in [-0.4, -0.2) is 16.7 Å². The number of nitrogens with zero attached hydrogens (tertiary/aromatic N) is 2. The maximum Gasteiger partial charge on any atom is 0.284 e. The van der Waals surface area contributed by atoms with Crippen molar-refractivity contribution in [1.82, 2.24) is 0 Å². The van der Waals surface area contributed by atoms with Crippen LogP contribution >= 0.6 is 27.5 Å². The number of nitro groups is 1. The van der Waals surface area contributed by atoms with E-state index in [2.05, 4.69) is 15.9 Å². The zero-order chi connectivity index (χ0) is 16.0. The standard InChI is InChI=1S/C14H6BrClN2O4/c15-11-5-9-10(6-12(11)18(21)22)14(20)17(13(9)19)8-3-1-2-7(16)4-8/h1-6H. The van der Waals surface area contributed by atoms with Gasteiger partial charge in [0.1, 0.15) is 0 Å². The van der Waals surface area contributed by atoms with Gasteiger partial charge in [0.25, 0.3) is 17.5 Å². The Labute approximate surface area is 137 Å². The van der Waals surface area contributed by atoms with Crippen LogP contribution < -0.4 is 4.90 Å². The number of halogens is 2. The zero-order valence-corrected chi connectivity index (χ0v) is 13.1. The highest BCUT2D eigenvalue weighted by molar-refractivity contribution is 9.10. The molecule has 0 bridgehead atoms. The largest absolute Gasteiger partial charge is 0.284 e. The monoisotopic (exact) mass is 380 g/mol. The molecule has 0 aliphatic carbocycles. The van der Waals surface area contributed by atoms with E-state index in [4.69, 9.17) is 11.6 Å². The third-order valence-corrected chi connectivity index (χ3v) is 4.09. The van der Waals surface area contributed by atoms with E-state index in [1.807, 2.05) is 0 Å². The number of benzene rings is 2. The first-order valence-corrected chi connectivity index (χ1v) is 7.19. The fourth-order valence-electron chi connectivity index (χ4n) is 2.24. The number of nitro benzene ring substituents is 1. The molecule has 6 nitrogen and oxygen atoms in total. The molecule has 0 saturated carbocycles. The van der Waals surface area contributed by atoms with Crippen molar-refractivity contribution in [2.24, 2.45) is 0 Å². The van der Waals surface area contributed by atoms with Crippen LogP contribution in [-0.2, 0) is 0 Å². The Hall–Kier alpha value is -2.25. The van der Waals surface area contributed by atoms with Crippen LogP contribution in [0.25, 0.3) is 0 Å². The van der Waals surface area contributed by atoms with Gasteiger partial charge < -0.3 is 0 Å². The van der Waals surface area contributed by atoms with Gasteiger partial charge in [-0.05, 0) is 40.2 Å². The molecule has 2 aromatic carbocycles. The van der Waals surface area contributed by atoms with Crippen LogP contribution in [0.15, 0.2) is 40.9 Å². The Morgan fingerprint density at radius 1 is 1.09 bits per heavy atom. The van der Waals surface area contributed by atoms with E-state index in [9.17, 15) is 19.7 Å². The Morgan fingerprint density at radius 3 is 2.32 bits per heavy atom. The molecular weight excluding hydrogens is 376 g/mol. The Kier molecular flexibility index (Phi) is 3.46. The van der Waals surface area contributed by atoms with E-state index in [-0.39, 0.29) is 21.3 Å². The van der Waals surface area contributed by atoms with Crippen molar-refractivity contribution in [3.8, 4) is 0 Å². The summed E-state index contributed by atoms with van der Waals surface area (Å²) >= 11 is 8.92. The molecule has 0 radical (unpaired) electrons. The summed E-state index contributed by atoms with van der Waals surface area (Å²) in [6.45, 7) is 0. The minimum atomic E-state index is -0.621. The fraction of sp³-hybridized carbons (Fsp3) is 0. The summed E-state index contributed by atoms with van der Waals surface area (Å²) in [6.07, 6.45) is 0. The number of anilines is 1. The Morgan fingerprint density at radius 2 is 1.73 bits per heavy atom. The minimum Gasteiger partial charge on any atom is -0.268 e. The van der Waals surface area contributed by atoms with E-state index in [1.165, 1.54) is 12.1 Å². The highest BCUT2D eigenvalue weighted by Gasteiger charge is 2.38. The van der Waals surface area contributed by atoms with Gasteiger partial charge in [0.05, 0.1) is 26.2 Å². The Balaban J connectivity index is 2.15. The van der Waals surface area contributed by atoms with E-state index < -0.39 is 16.7 Å². The molecule has 110 valence electrons. The highest BCUT2D eigenvalue weighted by atomic mass is 79.9. The van der Waals surface area contributed by atoms with Crippen LogP contribution in [0, 0.1) is 10.1 Å². The molecule has 8 heteroatoms. The van der Waals surface area contributed by atoms with Gasteiger partial charge in [-0.2, -0.15) is 0 Å². The van der Waals surface area contributed by atoms with Gasteiger partial charge in [0, 0.05) is 11.1 Å². The average Bonchev–Trinajstić information content (AvgIpc) is 2.69. The van der Waals surface area contributed by atoms with Gasteiger partial charge in [0.2, 0.25) is 0 Å². The van der Waals surface area contributed by atoms with Gasteiger partial charge in [-0.3, -0.25) is 19.7 Å². The summed E-state index contributed by atoms with van der Waals surface area (Å²) in [6, 6.07) is 8.66. The average molecular weight is 382 g/mol. The molecule has 0 unspecified atom stereocenters. The van der Waals surface area contributed by atoms with Crippen molar-refractivity contribution >= 4 is 50.7 Å². The lowest BCUT2D eigenvalue weighted by molar-refractivity contribution is -0.385. The van der Waals surface area contributed by atoms with Crippen molar-refractivity contribution in [1.29, 1.82) is 0 Å². The third kappa shape index (κ3) is 2.18. The summed E-state index contributed by atoms with van der Waals surface area (Å²) in [5.74, 6) is -1.16. The molecule has 0 aromatic heterocycles. The molecule has 0 fully saturated rings. The normalized spacial score (nSPS) is 13.5. The number of amides is 2. The van der Waals surface area contributed by atoms with E-state index >= 15 is 0 Å². The molecular formula is C14H6BrClN2O4. The molecule has 1 heterocycles. The maximum atomic E-state index is 12.4. The highest BCUT2D eigenvalue weighted by Crippen LogP contribution is 2.35. The van der Waals surface area contributed by atoms with Crippen molar-refractivity contribution in [3.05, 3.63) is 67.1 Å². The van der Waals surface area contributed by atoms with Crippen LogP contribution in [0.4, 0.5) is 11.4 Å². The maximum absolute atomic E-state index is 12.4. The van der Waals surface area contributed by atoms with Gasteiger partial charge in [-0.1, -0.05) is 17.7 Å². The van der Waals surface area contributed by atoms with Crippen LogP contribution in [0.3, 0.4) is 0 Å². The minimum absolute atomic E-state index is 0.000115. The van der Waals surface area contributed by atoms with Gasteiger partial charge in [-0.15, -0.1) is 0 Å². The molecule has 1 aliphatic heterocycles. The smallest absolute Gasteiger partial charge is 0.268 e. The molecule has 3 rings (SSSR count). The number of carbonyl (C=O) groups excluding carboxylic acids is 2. The SMILES string of the molecule is O=C1c2cc(Br)c([N+](=O)[O-])cc2C(=O)N1c1cccc(Cl)c1. The number of rotatable bonds is 2. The zero-order valence-electron chi connectivity index (χ0n) is 10.7. The van der Waals surface area contributed by atoms with Crippen molar-refractivity contribution in [2.75, 3.05) is 4.90 Å². The summed E-state index contributed by atoms with van der Waals surface area (Å²) in [5.41, 5.74) is 0.160. The van der Waals surface area contributed by atoms with Gasteiger partial charge in [0.15, 0.2) is 0 Å². The molecule has 0 saturated heterocycles. The van der Waals surface area contributed by atoms with Crippen molar-refractivity contribution < 1.29 is 14.5 Å². The van der Waals surface area contributed by atoms with E-state index in [0.29, 0.717) is 10.7 Å². The Bertz CT molecular complexity index is 853. The second-order valence-electron chi connectivity index (χ2n) is 4.53. The summed E-state index contributed by atoms with van der Waals surface area (Å²) < 4.78 is 0.144. The summed E-state index contributed by atoms with van der Waals surface area (Å²) in [4.78, 5) is 36.1. The molecule has 22 heavy (non-hydrogen) atoms. The number of fused-ring (bicyclic) bond motifs is 1. The van der Waals surface area contributed by atoms with Crippen molar-refractivity contribution in [3.63, 3.8) is 0 Å². The first-order chi connectivity index (χ1) is 10.4. The predicted octanol–water partition coefficient (Wildman–Crippen LogP) is 3.81. The summed E-state index contributed by atoms with van der Waals surface area (Å²) in [7, 11) is 0.